The molecule has 0 spiro atoms. The van der Waals surface area contributed by atoms with Crippen LogP contribution < -0.4 is 0 Å². The molecule has 2 atom stereocenters. The minimum Gasteiger partial charge on any atom is -0.297 e. The van der Waals surface area contributed by atoms with Crippen LogP contribution in [-0.2, 0) is 0 Å². The first-order valence-electron chi connectivity index (χ1n) is 6.87. The van der Waals surface area contributed by atoms with Gasteiger partial charge in [-0.25, -0.2) is 0 Å². The molecule has 1 saturated carbocycles. The maximum atomic E-state index is 2.76. The van der Waals surface area contributed by atoms with Gasteiger partial charge >= 0.3 is 0 Å². The molecule has 1 aliphatic heterocycles. The molecule has 2 aliphatic rings. The van der Waals surface area contributed by atoms with Gasteiger partial charge < -0.3 is 0 Å². The van der Waals surface area contributed by atoms with Crippen LogP contribution in [0.1, 0.15) is 53.4 Å². The average Bonchev–Trinajstić information content (AvgIpc) is 2.45. The Morgan fingerprint density at radius 1 is 1.00 bits per heavy atom. The van der Waals surface area contributed by atoms with Crippen molar-refractivity contribution in [2.45, 2.75) is 65.5 Å². The van der Waals surface area contributed by atoms with E-state index in [1.165, 1.54) is 32.2 Å². The molecule has 1 heterocycles. The third-order valence-electron chi connectivity index (χ3n) is 4.64. The van der Waals surface area contributed by atoms with Crippen molar-refractivity contribution in [1.29, 1.82) is 0 Å². The van der Waals surface area contributed by atoms with Gasteiger partial charge in [0.2, 0.25) is 0 Å². The van der Waals surface area contributed by atoms with Gasteiger partial charge in [0, 0.05) is 12.1 Å². The Hall–Kier alpha value is -0.0400. The summed E-state index contributed by atoms with van der Waals surface area (Å²) in [6.45, 7) is 10.9. The maximum absolute atomic E-state index is 2.76. The summed E-state index contributed by atoms with van der Waals surface area (Å²) in [5.41, 5.74) is 0. The van der Waals surface area contributed by atoms with E-state index in [1.807, 2.05) is 0 Å². The summed E-state index contributed by atoms with van der Waals surface area (Å²) in [6.07, 6.45) is 5.99. The van der Waals surface area contributed by atoms with E-state index in [0.29, 0.717) is 0 Å². The molecule has 0 aromatic rings. The minimum absolute atomic E-state index is 0.738. The van der Waals surface area contributed by atoms with Gasteiger partial charge in [-0.1, -0.05) is 33.1 Å². The molecular weight excluding hydrogens is 182 g/mol. The normalized spacial score (nSPS) is 34.0. The molecule has 0 bridgehead atoms. The first kappa shape index (κ1) is 11.4. The molecular formula is C14H27N. The fraction of sp³-hybridized carbons (Fsp3) is 1.00. The fourth-order valence-corrected chi connectivity index (χ4v) is 3.73. The Morgan fingerprint density at radius 3 is 2.07 bits per heavy atom. The van der Waals surface area contributed by atoms with Gasteiger partial charge in [0.1, 0.15) is 0 Å². The minimum atomic E-state index is 0.738. The molecule has 0 N–H and O–H groups in total. The Morgan fingerprint density at radius 2 is 1.67 bits per heavy atom. The van der Waals surface area contributed by atoms with Crippen molar-refractivity contribution >= 4 is 0 Å². The van der Waals surface area contributed by atoms with Crippen LogP contribution in [0, 0.1) is 17.8 Å². The van der Waals surface area contributed by atoms with E-state index in [1.54, 1.807) is 0 Å². The van der Waals surface area contributed by atoms with Crippen LogP contribution >= 0.6 is 0 Å². The number of likely N-dealkylation sites (tertiary alicyclic amines) is 1. The molecule has 0 amide bonds. The Labute approximate surface area is 95.2 Å². The highest BCUT2D eigenvalue weighted by atomic mass is 15.2. The summed E-state index contributed by atoms with van der Waals surface area (Å²) < 4.78 is 0. The van der Waals surface area contributed by atoms with Crippen molar-refractivity contribution in [3.05, 3.63) is 0 Å². The predicted molar refractivity (Wildman–Crippen MR) is 65.9 cm³/mol. The quantitative estimate of drug-likeness (QED) is 0.687. The molecule has 1 aliphatic carbocycles. The third-order valence-corrected chi connectivity index (χ3v) is 4.64. The van der Waals surface area contributed by atoms with Gasteiger partial charge in [-0.3, -0.25) is 4.90 Å². The molecule has 88 valence electrons. The van der Waals surface area contributed by atoms with E-state index in [0.717, 1.165) is 29.8 Å². The van der Waals surface area contributed by atoms with E-state index in [2.05, 4.69) is 32.6 Å². The van der Waals surface area contributed by atoms with Gasteiger partial charge in [0.05, 0.1) is 0 Å². The lowest BCUT2D eigenvalue weighted by atomic mass is 9.71. The van der Waals surface area contributed by atoms with Crippen molar-refractivity contribution in [1.82, 2.24) is 4.90 Å². The van der Waals surface area contributed by atoms with E-state index < -0.39 is 0 Å². The van der Waals surface area contributed by atoms with Crippen molar-refractivity contribution in [3.8, 4) is 0 Å². The zero-order valence-electron chi connectivity index (χ0n) is 10.9. The van der Waals surface area contributed by atoms with Gasteiger partial charge in [-0.2, -0.15) is 0 Å². The van der Waals surface area contributed by atoms with Crippen molar-refractivity contribution in [2.24, 2.45) is 17.8 Å². The largest absolute Gasteiger partial charge is 0.297 e. The van der Waals surface area contributed by atoms with E-state index in [-0.39, 0.29) is 0 Å². The van der Waals surface area contributed by atoms with Crippen LogP contribution in [0.2, 0.25) is 0 Å². The van der Waals surface area contributed by atoms with Crippen LogP contribution in [0.3, 0.4) is 0 Å². The van der Waals surface area contributed by atoms with Gasteiger partial charge in [-0.05, 0) is 44.6 Å². The molecule has 0 radical (unpaired) electrons. The molecule has 2 rings (SSSR count). The highest BCUT2D eigenvalue weighted by Gasteiger charge is 2.42. The molecule has 0 aromatic carbocycles. The van der Waals surface area contributed by atoms with Gasteiger partial charge in [-0.15, -0.1) is 0 Å². The van der Waals surface area contributed by atoms with E-state index in [4.69, 9.17) is 0 Å². The molecule has 1 saturated heterocycles. The number of rotatable bonds is 3. The topological polar surface area (TPSA) is 3.24 Å². The van der Waals surface area contributed by atoms with Crippen molar-refractivity contribution in [3.63, 3.8) is 0 Å². The van der Waals surface area contributed by atoms with Crippen molar-refractivity contribution in [2.75, 3.05) is 6.54 Å². The average molecular weight is 209 g/mol. The lowest BCUT2D eigenvalue weighted by Gasteiger charge is -2.40. The zero-order valence-corrected chi connectivity index (χ0v) is 10.9. The van der Waals surface area contributed by atoms with E-state index >= 15 is 0 Å². The van der Waals surface area contributed by atoms with Crippen LogP contribution in [0.25, 0.3) is 0 Å². The summed E-state index contributed by atoms with van der Waals surface area (Å²) in [7, 11) is 0. The highest BCUT2D eigenvalue weighted by molar-refractivity contribution is 4.95. The first-order valence-corrected chi connectivity index (χ1v) is 6.87. The van der Waals surface area contributed by atoms with Crippen LogP contribution in [0.5, 0.6) is 0 Å². The molecule has 0 aromatic heterocycles. The van der Waals surface area contributed by atoms with Gasteiger partial charge in [0.25, 0.3) is 0 Å². The lowest BCUT2D eigenvalue weighted by molar-refractivity contribution is 0.0922. The summed E-state index contributed by atoms with van der Waals surface area (Å²) in [5, 5.41) is 0. The van der Waals surface area contributed by atoms with Crippen LogP contribution in [0.4, 0.5) is 0 Å². The van der Waals surface area contributed by atoms with E-state index in [9.17, 15) is 0 Å². The van der Waals surface area contributed by atoms with Gasteiger partial charge in [0.15, 0.2) is 0 Å². The van der Waals surface area contributed by atoms with Crippen LogP contribution in [-0.4, -0.2) is 23.5 Å². The standard InChI is InChI=1S/C14H27N/c1-10(2)14-13(12-6-5-7-12)8-9-15(14)11(3)4/h10-14H,5-9H2,1-4H3. The predicted octanol–water partition coefficient (Wildman–Crippen LogP) is 3.54. The molecule has 1 heteroatoms. The zero-order chi connectivity index (χ0) is 11.0. The SMILES string of the molecule is CC(C)C1C(C2CCC2)CCN1C(C)C. The van der Waals surface area contributed by atoms with Crippen LogP contribution in [0.15, 0.2) is 0 Å². The molecule has 1 nitrogen and oxygen atoms in total. The summed E-state index contributed by atoms with van der Waals surface area (Å²) in [6, 6.07) is 1.61. The molecule has 2 fully saturated rings. The lowest BCUT2D eigenvalue weighted by Crippen LogP contribution is -2.43. The number of hydrogen-bond donors (Lipinski definition) is 0. The first-order chi connectivity index (χ1) is 7.11. The summed E-state index contributed by atoms with van der Waals surface area (Å²) in [5.74, 6) is 2.92. The Bertz CT molecular complexity index is 205. The summed E-state index contributed by atoms with van der Waals surface area (Å²) >= 11 is 0. The molecule has 2 unspecified atom stereocenters. The number of nitrogens with zero attached hydrogens (tertiary/aromatic N) is 1. The summed E-state index contributed by atoms with van der Waals surface area (Å²) in [4.78, 5) is 2.76. The second-order valence-electron chi connectivity index (χ2n) is 6.21. The highest BCUT2D eigenvalue weighted by Crippen LogP contribution is 2.44. The van der Waals surface area contributed by atoms with Crippen molar-refractivity contribution < 1.29 is 0 Å². The fourth-order valence-electron chi connectivity index (χ4n) is 3.73. The number of hydrogen-bond acceptors (Lipinski definition) is 1. The maximum Gasteiger partial charge on any atom is 0.0152 e. The third kappa shape index (κ3) is 2.08. The second kappa shape index (κ2) is 4.45. The Kier molecular flexibility index (Phi) is 3.39. The smallest absolute Gasteiger partial charge is 0.0152 e. The monoisotopic (exact) mass is 209 g/mol. The second-order valence-corrected chi connectivity index (χ2v) is 6.21. The molecule has 15 heavy (non-hydrogen) atoms. The Balaban J connectivity index is 2.05.